The first kappa shape index (κ1) is 23.5. The molecule has 0 bridgehead atoms. The Hall–Kier alpha value is -3.62. The third-order valence-electron chi connectivity index (χ3n) is 5.43. The highest BCUT2D eigenvalue weighted by Crippen LogP contribution is 2.25. The molecule has 0 aliphatic rings. The fourth-order valence-corrected chi connectivity index (χ4v) is 3.65. The van der Waals surface area contributed by atoms with Crippen LogP contribution in [0.4, 0.5) is 4.39 Å². The van der Waals surface area contributed by atoms with Crippen molar-refractivity contribution in [1.82, 2.24) is 25.1 Å². The molecule has 4 rings (SSSR count). The van der Waals surface area contributed by atoms with Gasteiger partial charge in [0.2, 0.25) is 0 Å². The van der Waals surface area contributed by atoms with Gasteiger partial charge in [0.25, 0.3) is 5.91 Å². The predicted octanol–water partition coefficient (Wildman–Crippen LogP) is 4.85. The number of hydrogen-bond acceptors (Lipinski definition) is 5. The first-order valence-electron chi connectivity index (χ1n) is 10.7. The summed E-state index contributed by atoms with van der Waals surface area (Å²) < 4.78 is 16.3. The topological polar surface area (TPSA) is 98.7 Å². The molecule has 0 saturated heterocycles. The molecule has 34 heavy (non-hydrogen) atoms. The highest BCUT2D eigenvalue weighted by atomic mass is 35.5. The van der Waals surface area contributed by atoms with Crippen LogP contribution in [0.25, 0.3) is 22.6 Å². The fraction of sp³-hybridized carbons (Fsp3) is 0.200. The largest absolute Gasteiger partial charge is 0.344 e. The molecule has 3 N–H and O–H groups in total. The molecule has 2 aromatic heterocycles. The molecule has 0 aliphatic carbocycles. The van der Waals surface area contributed by atoms with E-state index in [4.69, 9.17) is 17.3 Å². The van der Waals surface area contributed by atoms with Gasteiger partial charge < -0.3 is 11.1 Å². The summed E-state index contributed by atoms with van der Waals surface area (Å²) >= 11 is 6.02. The van der Waals surface area contributed by atoms with E-state index in [2.05, 4.69) is 20.4 Å². The first-order valence-corrected chi connectivity index (χ1v) is 11.1. The number of rotatable bonds is 6. The molecule has 1 amide bonds. The van der Waals surface area contributed by atoms with Crippen LogP contribution in [0.2, 0.25) is 5.02 Å². The number of hydrogen-bond donors (Lipinski definition) is 2. The number of nitrogens with two attached hydrogens (primary N) is 1. The summed E-state index contributed by atoms with van der Waals surface area (Å²) in [6, 6.07) is 12.6. The Morgan fingerprint density at radius 3 is 2.44 bits per heavy atom. The van der Waals surface area contributed by atoms with Crippen LogP contribution in [0, 0.1) is 5.82 Å². The zero-order valence-electron chi connectivity index (χ0n) is 19.0. The van der Waals surface area contributed by atoms with E-state index in [-0.39, 0.29) is 11.7 Å². The maximum Gasteiger partial charge on any atom is 0.270 e. The number of amides is 1. The molecule has 0 saturated carbocycles. The van der Waals surface area contributed by atoms with Gasteiger partial charge in [-0.15, -0.1) is 0 Å². The van der Waals surface area contributed by atoms with Gasteiger partial charge in [-0.05, 0) is 43.7 Å². The molecule has 0 spiro atoms. The van der Waals surface area contributed by atoms with E-state index >= 15 is 0 Å². The van der Waals surface area contributed by atoms with Crippen molar-refractivity contribution in [3.8, 4) is 22.6 Å². The average molecular weight is 479 g/mol. The zero-order valence-corrected chi connectivity index (χ0v) is 19.7. The molecular weight excluding hydrogens is 455 g/mol. The second kappa shape index (κ2) is 9.70. The van der Waals surface area contributed by atoms with Crippen LogP contribution in [0.3, 0.4) is 0 Å². The van der Waals surface area contributed by atoms with Crippen molar-refractivity contribution in [2.75, 3.05) is 0 Å². The van der Waals surface area contributed by atoms with Gasteiger partial charge in [-0.2, -0.15) is 5.10 Å². The third kappa shape index (κ3) is 5.13. The molecule has 7 nitrogen and oxygen atoms in total. The van der Waals surface area contributed by atoms with E-state index in [1.165, 1.54) is 6.07 Å². The summed E-state index contributed by atoms with van der Waals surface area (Å²) in [5.74, 6) is -0.528. The van der Waals surface area contributed by atoms with Crippen LogP contribution in [0.1, 0.15) is 47.5 Å². The summed E-state index contributed by atoms with van der Waals surface area (Å²) in [6.07, 6.45) is 3.39. The molecule has 9 heteroatoms. The van der Waals surface area contributed by atoms with E-state index in [0.717, 1.165) is 5.56 Å². The number of nitrogens with zero attached hydrogens (tertiary/aromatic N) is 4. The summed E-state index contributed by atoms with van der Waals surface area (Å²) in [5, 5.41) is 7.59. The maximum absolute atomic E-state index is 14.7. The Morgan fingerprint density at radius 1 is 1.09 bits per heavy atom. The maximum atomic E-state index is 14.7. The zero-order chi connectivity index (χ0) is 24.4. The molecule has 0 fully saturated rings. The Balaban J connectivity index is 1.67. The number of carbonyl (C=O) groups is 1. The average Bonchev–Trinajstić information content (AvgIpc) is 3.25. The van der Waals surface area contributed by atoms with E-state index in [9.17, 15) is 9.18 Å². The minimum Gasteiger partial charge on any atom is -0.344 e. The number of benzene rings is 2. The molecule has 2 aromatic carbocycles. The summed E-state index contributed by atoms with van der Waals surface area (Å²) in [4.78, 5) is 22.2. The number of aromatic nitrogens is 4. The summed E-state index contributed by atoms with van der Waals surface area (Å²) in [5.41, 5.74) is 9.02. The van der Waals surface area contributed by atoms with Gasteiger partial charge in [0.15, 0.2) is 5.82 Å². The second-order valence-corrected chi connectivity index (χ2v) is 8.57. The minimum atomic E-state index is -0.592. The normalized spacial score (nSPS) is 12.9. The highest BCUT2D eigenvalue weighted by molar-refractivity contribution is 6.30. The SMILES string of the molecule is CC(N)c1ccc(C(C)NC(=O)c2cc(-c3ccc(Cl)cc3)nc(-c3cnn(C)c3)n2)c(F)c1. The van der Waals surface area contributed by atoms with Crippen molar-refractivity contribution < 1.29 is 9.18 Å². The molecule has 2 heterocycles. The molecule has 2 atom stereocenters. The number of nitrogens with one attached hydrogen (secondary N) is 1. The van der Waals surface area contributed by atoms with E-state index in [0.29, 0.717) is 33.2 Å². The van der Waals surface area contributed by atoms with Crippen LogP contribution < -0.4 is 11.1 Å². The summed E-state index contributed by atoms with van der Waals surface area (Å²) in [7, 11) is 1.78. The number of halogens is 2. The van der Waals surface area contributed by atoms with E-state index < -0.39 is 17.8 Å². The lowest BCUT2D eigenvalue weighted by Gasteiger charge is -2.17. The van der Waals surface area contributed by atoms with Crippen molar-refractivity contribution in [3.05, 3.63) is 88.6 Å². The van der Waals surface area contributed by atoms with Gasteiger partial charge in [0, 0.05) is 35.4 Å². The van der Waals surface area contributed by atoms with E-state index in [1.807, 2.05) is 12.1 Å². The van der Waals surface area contributed by atoms with E-state index in [1.54, 1.807) is 68.3 Å². The van der Waals surface area contributed by atoms with Crippen LogP contribution in [-0.4, -0.2) is 25.7 Å². The standard InChI is InChI=1S/C25H24ClFN6O/c1-14(28)17-6-9-20(21(27)10-17)15(2)30-25(34)23-11-22(16-4-7-19(26)8-5-16)31-24(32-23)18-12-29-33(3)13-18/h4-15H,28H2,1-3H3,(H,30,34). The van der Waals surface area contributed by atoms with Crippen molar-refractivity contribution >= 4 is 17.5 Å². The monoisotopic (exact) mass is 478 g/mol. The smallest absolute Gasteiger partial charge is 0.270 e. The van der Waals surface area contributed by atoms with Gasteiger partial charge in [-0.25, -0.2) is 14.4 Å². The van der Waals surface area contributed by atoms with Gasteiger partial charge in [0.1, 0.15) is 11.5 Å². The fourth-order valence-electron chi connectivity index (χ4n) is 3.52. The molecule has 0 aliphatic heterocycles. The quantitative estimate of drug-likeness (QED) is 0.413. The van der Waals surface area contributed by atoms with Crippen LogP contribution >= 0.6 is 11.6 Å². The van der Waals surface area contributed by atoms with Crippen molar-refractivity contribution in [2.24, 2.45) is 12.8 Å². The van der Waals surface area contributed by atoms with Gasteiger partial charge in [-0.1, -0.05) is 35.9 Å². The van der Waals surface area contributed by atoms with Gasteiger partial charge in [0.05, 0.1) is 23.5 Å². The van der Waals surface area contributed by atoms with Crippen molar-refractivity contribution in [2.45, 2.75) is 25.9 Å². The number of carbonyl (C=O) groups excluding carboxylic acids is 1. The lowest BCUT2D eigenvalue weighted by atomic mass is 10.0. The highest BCUT2D eigenvalue weighted by Gasteiger charge is 2.19. The Morgan fingerprint density at radius 2 is 1.82 bits per heavy atom. The molecule has 174 valence electrons. The summed E-state index contributed by atoms with van der Waals surface area (Å²) in [6.45, 7) is 3.50. The Bertz CT molecular complexity index is 1340. The first-order chi connectivity index (χ1) is 16.2. The molecule has 0 radical (unpaired) electrons. The minimum absolute atomic E-state index is 0.151. The Kier molecular flexibility index (Phi) is 6.72. The van der Waals surface area contributed by atoms with Crippen molar-refractivity contribution in [3.63, 3.8) is 0 Å². The van der Waals surface area contributed by atoms with Crippen LogP contribution in [-0.2, 0) is 7.05 Å². The molecule has 2 unspecified atom stereocenters. The van der Waals surface area contributed by atoms with Crippen molar-refractivity contribution in [1.29, 1.82) is 0 Å². The van der Waals surface area contributed by atoms with Gasteiger partial charge in [-0.3, -0.25) is 9.48 Å². The molecular formula is C25H24ClFN6O. The lowest BCUT2D eigenvalue weighted by molar-refractivity contribution is 0.0934. The van der Waals surface area contributed by atoms with Crippen LogP contribution in [0.5, 0.6) is 0 Å². The second-order valence-electron chi connectivity index (χ2n) is 8.14. The number of aryl methyl sites for hydroxylation is 1. The van der Waals surface area contributed by atoms with Gasteiger partial charge >= 0.3 is 0 Å². The van der Waals surface area contributed by atoms with Crippen LogP contribution in [0.15, 0.2) is 60.9 Å². The third-order valence-corrected chi connectivity index (χ3v) is 5.68. The lowest BCUT2D eigenvalue weighted by Crippen LogP contribution is -2.28. The predicted molar refractivity (Wildman–Crippen MR) is 130 cm³/mol. The molecule has 4 aromatic rings. The Labute approximate surface area is 201 Å².